The Hall–Kier alpha value is -1.30. The topological polar surface area (TPSA) is 90.9 Å². The fraction of sp³-hybridized carbons (Fsp3) is 0.600. The van der Waals surface area contributed by atoms with Gasteiger partial charge in [-0.25, -0.2) is 24.4 Å². The second kappa shape index (κ2) is 2.75. The molecule has 0 radical (unpaired) electrons. The monoisotopic (exact) mass is 159 g/mol. The molecule has 1 aromatic heterocycles. The van der Waals surface area contributed by atoms with Crippen LogP contribution in [-0.4, -0.2) is 26.5 Å². The molecule has 0 aromatic carbocycles. The third kappa shape index (κ3) is 1.25. The van der Waals surface area contributed by atoms with E-state index in [-0.39, 0.29) is 6.61 Å². The number of aromatic amines is 2. The van der Waals surface area contributed by atoms with Gasteiger partial charge < -0.3 is 5.11 Å². The van der Waals surface area contributed by atoms with Crippen LogP contribution in [0.3, 0.4) is 0 Å². The van der Waals surface area contributed by atoms with Gasteiger partial charge in [0.1, 0.15) is 0 Å². The molecule has 6 heteroatoms. The van der Waals surface area contributed by atoms with Gasteiger partial charge in [-0.3, -0.25) is 0 Å². The van der Waals surface area contributed by atoms with E-state index in [0.29, 0.717) is 0 Å². The van der Waals surface area contributed by atoms with Gasteiger partial charge in [0, 0.05) is 0 Å². The van der Waals surface area contributed by atoms with Gasteiger partial charge in [-0.1, -0.05) is 0 Å². The Balaban J connectivity index is 3.21. The molecule has 1 atom stereocenters. The minimum absolute atomic E-state index is 0.235. The molecule has 0 aliphatic carbocycles. The SMILES string of the molecule is C[C@@H](CO)n1c(=O)[nH][nH]c1=O. The highest BCUT2D eigenvalue weighted by Crippen LogP contribution is 1.92. The maximum absolute atomic E-state index is 10.8. The van der Waals surface area contributed by atoms with Crippen LogP contribution in [-0.2, 0) is 0 Å². The van der Waals surface area contributed by atoms with Gasteiger partial charge in [0.05, 0.1) is 12.6 Å². The Morgan fingerprint density at radius 1 is 1.45 bits per heavy atom. The second-order valence-corrected chi connectivity index (χ2v) is 2.26. The highest BCUT2D eigenvalue weighted by molar-refractivity contribution is 4.71. The average Bonchev–Trinajstić information content (AvgIpc) is 2.30. The first-order chi connectivity index (χ1) is 5.16. The molecule has 0 aliphatic rings. The molecular weight excluding hydrogens is 150 g/mol. The van der Waals surface area contributed by atoms with Crippen molar-refractivity contribution in [1.82, 2.24) is 14.8 Å². The molecule has 0 amide bonds. The van der Waals surface area contributed by atoms with E-state index >= 15 is 0 Å². The molecule has 0 spiro atoms. The molecule has 3 N–H and O–H groups in total. The van der Waals surface area contributed by atoms with E-state index in [2.05, 4.69) is 10.2 Å². The predicted molar refractivity (Wildman–Crippen MR) is 37.5 cm³/mol. The maximum atomic E-state index is 10.8. The Kier molecular flexibility index (Phi) is 1.95. The van der Waals surface area contributed by atoms with Crippen molar-refractivity contribution < 1.29 is 5.11 Å². The van der Waals surface area contributed by atoms with E-state index < -0.39 is 17.4 Å². The molecule has 0 aliphatic heterocycles. The smallest absolute Gasteiger partial charge is 0.344 e. The Labute approximate surface area is 61.5 Å². The number of hydrogen-bond donors (Lipinski definition) is 3. The van der Waals surface area contributed by atoms with Gasteiger partial charge in [-0.15, -0.1) is 0 Å². The summed E-state index contributed by atoms with van der Waals surface area (Å²) in [6.45, 7) is 1.34. The lowest BCUT2D eigenvalue weighted by atomic mass is 10.4. The van der Waals surface area contributed by atoms with Crippen molar-refractivity contribution in [3.63, 3.8) is 0 Å². The van der Waals surface area contributed by atoms with E-state index in [0.717, 1.165) is 4.57 Å². The first-order valence-electron chi connectivity index (χ1n) is 3.17. The van der Waals surface area contributed by atoms with Gasteiger partial charge in [0.25, 0.3) is 0 Å². The van der Waals surface area contributed by atoms with Gasteiger partial charge >= 0.3 is 11.4 Å². The summed E-state index contributed by atoms with van der Waals surface area (Å²) in [5, 5.41) is 12.9. The summed E-state index contributed by atoms with van der Waals surface area (Å²) < 4.78 is 0.917. The lowest BCUT2D eigenvalue weighted by Crippen LogP contribution is -2.31. The fourth-order valence-corrected chi connectivity index (χ4v) is 0.802. The summed E-state index contributed by atoms with van der Waals surface area (Å²) in [5.41, 5.74) is -1.06. The Morgan fingerprint density at radius 3 is 2.27 bits per heavy atom. The molecule has 62 valence electrons. The van der Waals surface area contributed by atoms with E-state index in [9.17, 15) is 9.59 Å². The first-order valence-corrected chi connectivity index (χ1v) is 3.17. The van der Waals surface area contributed by atoms with Crippen LogP contribution in [0.1, 0.15) is 13.0 Å². The zero-order valence-electron chi connectivity index (χ0n) is 6.00. The summed E-state index contributed by atoms with van der Waals surface area (Å²) in [5.74, 6) is 0. The largest absolute Gasteiger partial charge is 0.394 e. The van der Waals surface area contributed by atoms with Crippen LogP contribution in [0.2, 0.25) is 0 Å². The maximum Gasteiger partial charge on any atom is 0.344 e. The number of aliphatic hydroxyl groups is 1. The number of nitrogens with one attached hydrogen (secondary N) is 2. The predicted octanol–water partition coefficient (Wildman–Crippen LogP) is -1.58. The molecule has 11 heavy (non-hydrogen) atoms. The third-order valence-corrected chi connectivity index (χ3v) is 1.42. The summed E-state index contributed by atoms with van der Waals surface area (Å²) in [7, 11) is 0. The van der Waals surface area contributed by atoms with Crippen LogP contribution >= 0.6 is 0 Å². The number of hydrogen-bond acceptors (Lipinski definition) is 3. The number of H-pyrrole nitrogens is 2. The molecule has 1 rings (SSSR count). The van der Waals surface area contributed by atoms with Crippen LogP contribution < -0.4 is 11.4 Å². The van der Waals surface area contributed by atoms with Crippen molar-refractivity contribution in [3.05, 3.63) is 21.0 Å². The minimum Gasteiger partial charge on any atom is -0.394 e. The molecular formula is C5H9N3O3. The first kappa shape index (κ1) is 7.80. The van der Waals surface area contributed by atoms with E-state index in [1.165, 1.54) is 0 Å². The Morgan fingerprint density at radius 2 is 1.91 bits per heavy atom. The van der Waals surface area contributed by atoms with E-state index in [1.807, 2.05) is 0 Å². The summed E-state index contributed by atoms with van der Waals surface area (Å²) in [6, 6.07) is -0.488. The number of aliphatic hydroxyl groups excluding tert-OH is 1. The summed E-state index contributed by atoms with van der Waals surface area (Å²) in [4.78, 5) is 21.6. The Bertz CT molecular complexity index is 306. The molecule has 0 bridgehead atoms. The average molecular weight is 159 g/mol. The molecule has 1 aromatic rings. The second-order valence-electron chi connectivity index (χ2n) is 2.26. The lowest BCUT2D eigenvalue weighted by Gasteiger charge is -2.04. The van der Waals surface area contributed by atoms with Crippen LogP contribution in [0.25, 0.3) is 0 Å². The molecule has 6 nitrogen and oxygen atoms in total. The van der Waals surface area contributed by atoms with Crippen molar-refractivity contribution in [3.8, 4) is 0 Å². The third-order valence-electron chi connectivity index (χ3n) is 1.42. The number of aromatic nitrogens is 3. The van der Waals surface area contributed by atoms with Crippen LogP contribution in [0, 0.1) is 0 Å². The lowest BCUT2D eigenvalue weighted by molar-refractivity contribution is 0.234. The van der Waals surface area contributed by atoms with E-state index in [4.69, 9.17) is 5.11 Å². The summed E-state index contributed by atoms with van der Waals surface area (Å²) >= 11 is 0. The van der Waals surface area contributed by atoms with Gasteiger partial charge in [0.15, 0.2) is 0 Å². The van der Waals surface area contributed by atoms with Gasteiger partial charge in [0.2, 0.25) is 0 Å². The molecule has 1 heterocycles. The standard InChI is InChI=1S/C5H9N3O3/c1-3(2-9)8-4(10)6-7-5(8)11/h3,9H,2H2,1H3,(H,6,10)(H,7,11)/t3-/m0/s1. The van der Waals surface area contributed by atoms with E-state index in [1.54, 1.807) is 6.92 Å². The van der Waals surface area contributed by atoms with Crippen LogP contribution in [0.15, 0.2) is 9.59 Å². The molecule has 0 unspecified atom stereocenters. The quantitative estimate of drug-likeness (QED) is 0.486. The van der Waals surface area contributed by atoms with Crippen LogP contribution in [0.4, 0.5) is 0 Å². The molecule has 0 saturated carbocycles. The van der Waals surface area contributed by atoms with Crippen molar-refractivity contribution in [2.45, 2.75) is 13.0 Å². The number of rotatable bonds is 2. The van der Waals surface area contributed by atoms with Crippen molar-refractivity contribution >= 4 is 0 Å². The highest BCUT2D eigenvalue weighted by atomic mass is 16.3. The highest BCUT2D eigenvalue weighted by Gasteiger charge is 2.09. The number of nitrogens with zero attached hydrogens (tertiary/aromatic N) is 1. The zero-order chi connectivity index (χ0) is 8.43. The zero-order valence-corrected chi connectivity index (χ0v) is 6.00. The molecule has 0 fully saturated rings. The summed E-state index contributed by atoms with van der Waals surface area (Å²) in [6.07, 6.45) is 0. The van der Waals surface area contributed by atoms with Crippen molar-refractivity contribution in [2.75, 3.05) is 6.61 Å². The van der Waals surface area contributed by atoms with Gasteiger partial charge in [-0.2, -0.15) is 0 Å². The minimum atomic E-state index is -0.531. The van der Waals surface area contributed by atoms with Crippen LogP contribution in [0.5, 0.6) is 0 Å². The van der Waals surface area contributed by atoms with Gasteiger partial charge in [-0.05, 0) is 6.92 Å². The van der Waals surface area contributed by atoms with Crippen molar-refractivity contribution in [1.29, 1.82) is 0 Å². The normalized spacial score (nSPS) is 13.3. The van der Waals surface area contributed by atoms with Crippen molar-refractivity contribution in [2.24, 2.45) is 0 Å². The molecule has 0 saturated heterocycles. The fourth-order valence-electron chi connectivity index (χ4n) is 0.802.